The molecule has 1 rings (SSSR count). The zero-order chi connectivity index (χ0) is 11.7. The van der Waals surface area contributed by atoms with Crippen molar-refractivity contribution in [2.75, 3.05) is 26.7 Å². The van der Waals surface area contributed by atoms with Crippen LogP contribution < -0.4 is 5.32 Å². The second kappa shape index (κ2) is 10.9. The molecule has 0 aromatic heterocycles. The monoisotopic (exact) mass is 230 g/mol. The van der Waals surface area contributed by atoms with Crippen molar-refractivity contribution in [2.24, 2.45) is 5.92 Å². The number of hydrogen-bond donors (Lipinski definition) is 1. The van der Waals surface area contributed by atoms with Crippen LogP contribution in [0.15, 0.2) is 0 Å². The van der Waals surface area contributed by atoms with Crippen LogP contribution in [-0.4, -0.2) is 37.5 Å². The standard InChI is InChI=1S/C9H18N2O.C3H8.CH4/c1-8(12)11(2)7-9-3-5-10-6-4-9;1-3-2;/h9-10H,3-7H2,1-2H3;3H2,1-2H3;1H4. The van der Waals surface area contributed by atoms with Crippen LogP contribution in [0.1, 0.15) is 47.5 Å². The number of nitrogens with one attached hydrogen (secondary N) is 1. The Bertz CT molecular complexity index is 165. The van der Waals surface area contributed by atoms with Gasteiger partial charge in [-0.05, 0) is 31.8 Å². The van der Waals surface area contributed by atoms with Crippen molar-refractivity contribution in [3.63, 3.8) is 0 Å². The average Bonchev–Trinajstić information content (AvgIpc) is 2.20. The lowest BCUT2D eigenvalue weighted by Crippen LogP contribution is -2.36. The molecule has 1 N–H and O–H groups in total. The lowest BCUT2D eigenvalue weighted by molar-refractivity contribution is -0.128. The largest absolute Gasteiger partial charge is 0.346 e. The fraction of sp³-hybridized carbons (Fsp3) is 0.923. The summed E-state index contributed by atoms with van der Waals surface area (Å²) in [6.07, 6.45) is 3.66. The number of carbonyl (C=O) groups excluding carboxylic acids is 1. The van der Waals surface area contributed by atoms with E-state index in [4.69, 9.17) is 0 Å². The van der Waals surface area contributed by atoms with Gasteiger partial charge in [-0.25, -0.2) is 0 Å². The molecule has 98 valence electrons. The van der Waals surface area contributed by atoms with Gasteiger partial charge in [-0.1, -0.05) is 27.7 Å². The highest BCUT2D eigenvalue weighted by atomic mass is 16.2. The normalized spacial score (nSPS) is 15.5. The third-order valence-electron chi connectivity index (χ3n) is 2.53. The Morgan fingerprint density at radius 1 is 1.31 bits per heavy atom. The molecule has 1 heterocycles. The first-order chi connectivity index (χ1) is 7.11. The first kappa shape index (κ1) is 17.8. The zero-order valence-corrected chi connectivity index (χ0v) is 10.7. The summed E-state index contributed by atoms with van der Waals surface area (Å²) in [4.78, 5) is 12.7. The quantitative estimate of drug-likeness (QED) is 0.790. The molecule has 1 fully saturated rings. The Morgan fingerprint density at radius 3 is 2.12 bits per heavy atom. The van der Waals surface area contributed by atoms with Crippen molar-refractivity contribution in [1.82, 2.24) is 10.2 Å². The Hall–Kier alpha value is -0.570. The van der Waals surface area contributed by atoms with E-state index in [-0.39, 0.29) is 13.3 Å². The molecule has 0 spiro atoms. The van der Waals surface area contributed by atoms with Crippen LogP contribution >= 0.6 is 0 Å². The number of amides is 1. The molecule has 1 aliphatic rings. The smallest absolute Gasteiger partial charge is 0.219 e. The van der Waals surface area contributed by atoms with Crippen molar-refractivity contribution in [3.05, 3.63) is 0 Å². The van der Waals surface area contributed by atoms with Gasteiger partial charge in [0, 0.05) is 20.5 Å². The number of carbonyl (C=O) groups is 1. The molecule has 1 aliphatic heterocycles. The summed E-state index contributed by atoms with van der Waals surface area (Å²) < 4.78 is 0. The molecule has 16 heavy (non-hydrogen) atoms. The van der Waals surface area contributed by atoms with Crippen molar-refractivity contribution in [3.8, 4) is 0 Å². The highest BCUT2D eigenvalue weighted by Crippen LogP contribution is 2.12. The molecule has 3 heteroatoms. The third-order valence-corrected chi connectivity index (χ3v) is 2.53. The summed E-state index contributed by atoms with van der Waals surface area (Å²) in [5, 5.41) is 3.31. The lowest BCUT2D eigenvalue weighted by atomic mass is 9.98. The minimum atomic E-state index is 0. The number of piperidine rings is 1. The highest BCUT2D eigenvalue weighted by Gasteiger charge is 2.15. The molecule has 0 aliphatic carbocycles. The van der Waals surface area contributed by atoms with E-state index in [2.05, 4.69) is 19.2 Å². The molecule has 0 unspecified atom stereocenters. The van der Waals surface area contributed by atoms with Gasteiger partial charge in [0.1, 0.15) is 0 Å². The van der Waals surface area contributed by atoms with Gasteiger partial charge < -0.3 is 10.2 Å². The van der Waals surface area contributed by atoms with Crippen LogP contribution in [0.4, 0.5) is 0 Å². The molecule has 0 saturated carbocycles. The highest BCUT2D eigenvalue weighted by molar-refractivity contribution is 5.72. The molecule has 0 aromatic carbocycles. The molecule has 1 saturated heterocycles. The first-order valence-corrected chi connectivity index (χ1v) is 6.04. The van der Waals surface area contributed by atoms with Gasteiger partial charge in [0.05, 0.1) is 0 Å². The van der Waals surface area contributed by atoms with Gasteiger partial charge >= 0.3 is 0 Å². The Balaban J connectivity index is 0. The summed E-state index contributed by atoms with van der Waals surface area (Å²) in [5.74, 6) is 0.883. The first-order valence-electron chi connectivity index (χ1n) is 6.04. The van der Waals surface area contributed by atoms with Gasteiger partial charge in [-0.2, -0.15) is 0 Å². The van der Waals surface area contributed by atoms with Crippen LogP contribution in [0.2, 0.25) is 0 Å². The zero-order valence-electron chi connectivity index (χ0n) is 10.7. The summed E-state index contributed by atoms with van der Waals surface area (Å²) >= 11 is 0. The Kier molecular flexibility index (Phi) is 12.2. The maximum absolute atomic E-state index is 10.9. The minimum Gasteiger partial charge on any atom is -0.346 e. The predicted molar refractivity (Wildman–Crippen MR) is 71.6 cm³/mol. The number of hydrogen-bond acceptors (Lipinski definition) is 2. The summed E-state index contributed by atoms with van der Waals surface area (Å²) in [6, 6.07) is 0. The van der Waals surface area contributed by atoms with Crippen molar-refractivity contribution in [1.29, 1.82) is 0 Å². The molecule has 0 radical (unpaired) electrons. The van der Waals surface area contributed by atoms with Crippen LogP contribution in [0, 0.1) is 5.92 Å². The Labute approximate surface area is 102 Å². The summed E-state index contributed by atoms with van der Waals surface area (Å²) in [5.41, 5.74) is 0. The second-order valence-corrected chi connectivity index (χ2v) is 4.30. The van der Waals surface area contributed by atoms with E-state index in [1.165, 1.54) is 19.3 Å². The van der Waals surface area contributed by atoms with E-state index in [9.17, 15) is 4.79 Å². The van der Waals surface area contributed by atoms with E-state index in [0.717, 1.165) is 19.6 Å². The Morgan fingerprint density at radius 2 is 1.75 bits per heavy atom. The van der Waals surface area contributed by atoms with E-state index in [1.54, 1.807) is 6.92 Å². The lowest BCUT2D eigenvalue weighted by Gasteiger charge is -2.26. The molecule has 1 amide bonds. The maximum Gasteiger partial charge on any atom is 0.219 e. The molecular formula is C13H30N2O. The number of rotatable bonds is 2. The SMILES string of the molecule is C.CC(=O)N(C)CC1CCNCC1.CCC. The third kappa shape index (κ3) is 8.72. The average molecular weight is 230 g/mol. The second-order valence-electron chi connectivity index (χ2n) is 4.30. The van der Waals surface area contributed by atoms with E-state index >= 15 is 0 Å². The van der Waals surface area contributed by atoms with Gasteiger partial charge in [0.25, 0.3) is 0 Å². The maximum atomic E-state index is 10.9. The van der Waals surface area contributed by atoms with Crippen molar-refractivity contribution >= 4 is 5.91 Å². The van der Waals surface area contributed by atoms with Crippen LogP contribution in [0.25, 0.3) is 0 Å². The number of nitrogens with zero attached hydrogens (tertiary/aromatic N) is 1. The molecular weight excluding hydrogens is 200 g/mol. The van der Waals surface area contributed by atoms with Gasteiger partial charge in [-0.15, -0.1) is 0 Å². The van der Waals surface area contributed by atoms with Crippen LogP contribution in [-0.2, 0) is 4.79 Å². The molecule has 0 atom stereocenters. The van der Waals surface area contributed by atoms with Gasteiger partial charge in [0.2, 0.25) is 5.91 Å². The van der Waals surface area contributed by atoms with Crippen LogP contribution in [0.5, 0.6) is 0 Å². The van der Waals surface area contributed by atoms with Crippen molar-refractivity contribution < 1.29 is 4.79 Å². The van der Waals surface area contributed by atoms with Gasteiger partial charge in [-0.3, -0.25) is 4.79 Å². The topological polar surface area (TPSA) is 32.3 Å². The predicted octanol–water partition coefficient (Wildman–Crippen LogP) is 2.52. The van der Waals surface area contributed by atoms with Crippen LogP contribution in [0.3, 0.4) is 0 Å². The van der Waals surface area contributed by atoms with E-state index in [1.807, 2.05) is 11.9 Å². The van der Waals surface area contributed by atoms with Crippen molar-refractivity contribution in [2.45, 2.75) is 47.5 Å². The van der Waals surface area contributed by atoms with Gasteiger partial charge in [0.15, 0.2) is 0 Å². The molecule has 0 aromatic rings. The summed E-state index contributed by atoms with van der Waals surface area (Å²) in [7, 11) is 1.88. The minimum absolute atomic E-state index is 0. The molecule has 3 nitrogen and oxygen atoms in total. The fourth-order valence-electron chi connectivity index (χ4n) is 1.58. The van der Waals surface area contributed by atoms with E-state index < -0.39 is 0 Å². The van der Waals surface area contributed by atoms with E-state index in [0.29, 0.717) is 5.92 Å². The summed E-state index contributed by atoms with van der Waals surface area (Å²) in [6.45, 7) is 9.02. The molecule has 0 bridgehead atoms. The fourth-order valence-corrected chi connectivity index (χ4v) is 1.58.